The van der Waals surface area contributed by atoms with Gasteiger partial charge >= 0.3 is 0 Å². The van der Waals surface area contributed by atoms with E-state index in [2.05, 4.69) is 18.9 Å². The number of nitrogens with zero attached hydrogens (tertiary/aromatic N) is 1. The molecule has 1 heteroatoms. The molecule has 0 aromatic heterocycles. The zero-order valence-electron chi connectivity index (χ0n) is 6.30. The van der Waals surface area contributed by atoms with Crippen LogP contribution in [-0.4, -0.2) is 24.0 Å². The fraction of sp³-hybridized carbons (Fsp3) is 1.00. The first-order valence-corrected chi connectivity index (χ1v) is 4.05. The fourth-order valence-electron chi connectivity index (χ4n) is 2.48. The zero-order chi connectivity index (χ0) is 6.43. The summed E-state index contributed by atoms with van der Waals surface area (Å²) < 4.78 is 0. The zero-order valence-corrected chi connectivity index (χ0v) is 6.30. The van der Waals surface area contributed by atoms with Gasteiger partial charge in [-0.3, -0.25) is 0 Å². The van der Waals surface area contributed by atoms with Crippen molar-refractivity contribution in [3.05, 3.63) is 0 Å². The molecule has 2 saturated heterocycles. The Kier molecular flexibility index (Phi) is 1.10. The summed E-state index contributed by atoms with van der Waals surface area (Å²) in [6.07, 6.45) is 4.37. The van der Waals surface area contributed by atoms with Crippen LogP contribution in [0.4, 0.5) is 0 Å². The Morgan fingerprint density at radius 1 is 1.44 bits per heavy atom. The average Bonchev–Trinajstić information content (AvgIpc) is 2.40. The molecule has 1 nitrogen and oxygen atoms in total. The highest BCUT2D eigenvalue weighted by atomic mass is 15.3. The lowest BCUT2D eigenvalue weighted by Crippen LogP contribution is -2.46. The van der Waals surface area contributed by atoms with Crippen molar-refractivity contribution in [3.8, 4) is 0 Å². The lowest BCUT2D eigenvalue weighted by atomic mass is 9.99. The van der Waals surface area contributed by atoms with E-state index >= 15 is 0 Å². The second-order valence-electron chi connectivity index (χ2n) is 3.53. The van der Waals surface area contributed by atoms with E-state index in [0.717, 1.165) is 18.0 Å². The van der Waals surface area contributed by atoms with Crippen LogP contribution in [0.2, 0.25) is 0 Å². The molecule has 52 valence electrons. The van der Waals surface area contributed by atoms with Crippen molar-refractivity contribution < 1.29 is 0 Å². The highest BCUT2D eigenvalue weighted by Crippen LogP contribution is 2.44. The van der Waals surface area contributed by atoms with Gasteiger partial charge in [-0.05, 0) is 25.8 Å². The predicted octanol–water partition coefficient (Wildman–Crippen LogP) is 1.49. The van der Waals surface area contributed by atoms with E-state index < -0.39 is 0 Å². The molecule has 2 aliphatic heterocycles. The van der Waals surface area contributed by atoms with E-state index in [-0.39, 0.29) is 0 Å². The van der Waals surface area contributed by atoms with E-state index in [1.807, 2.05) is 0 Å². The highest BCUT2D eigenvalue weighted by Gasteiger charge is 2.47. The Bertz CT molecular complexity index is 122. The summed E-state index contributed by atoms with van der Waals surface area (Å²) in [7, 11) is 2.27. The summed E-state index contributed by atoms with van der Waals surface area (Å²) in [5.41, 5.74) is 0. The van der Waals surface area contributed by atoms with E-state index in [1.165, 1.54) is 19.3 Å². The van der Waals surface area contributed by atoms with Crippen LogP contribution in [0, 0.1) is 5.92 Å². The van der Waals surface area contributed by atoms with Crippen molar-refractivity contribution >= 4 is 0 Å². The van der Waals surface area contributed by atoms with Gasteiger partial charge < -0.3 is 4.90 Å². The lowest BCUT2D eigenvalue weighted by molar-refractivity contribution is 0.100. The molecule has 3 atom stereocenters. The van der Waals surface area contributed by atoms with Gasteiger partial charge in [-0.15, -0.1) is 0 Å². The monoisotopic (exact) mass is 125 g/mol. The summed E-state index contributed by atoms with van der Waals surface area (Å²) in [5.74, 6) is 1.04. The number of hydrogen-bond acceptors (Lipinski definition) is 1. The highest BCUT2D eigenvalue weighted by molar-refractivity contribution is 5.03. The van der Waals surface area contributed by atoms with Crippen LogP contribution in [0.15, 0.2) is 0 Å². The first-order valence-electron chi connectivity index (χ1n) is 4.05. The van der Waals surface area contributed by atoms with Gasteiger partial charge in [0.25, 0.3) is 0 Å². The maximum absolute atomic E-state index is 2.55. The topological polar surface area (TPSA) is 3.24 Å². The van der Waals surface area contributed by atoms with Crippen molar-refractivity contribution in [2.24, 2.45) is 5.92 Å². The maximum Gasteiger partial charge on any atom is 0.0139 e. The second kappa shape index (κ2) is 1.72. The van der Waals surface area contributed by atoms with Gasteiger partial charge in [0.05, 0.1) is 0 Å². The number of fused-ring (bicyclic) bond motifs is 1. The van der Waals surface area contributed by atoms with E-state index in [4.69, 9.17) is 0 Å². The lowest BCUT2D eigenvalue weighted by Gasteiger charge is -2.38. The average molecular weight is 125 g/mol. The molecular weight excluding hydrogens is 110 g/mol. The Morgan fingerprint density at radius 2 is 2.22 bits per heavy atom. The largest absolute Gasteiger partial charge is 0.300 e. The van der Waals surface area contributed by atoms with Crippen molar-refractivity contribution in [2.75, 3.05) is 7.05 Å². The quantitative estimate of drug-likeness (QED) is 0.513. The van der Waals surface area contributed by atoms with Crippen LogP contribution in [0.1, 0.15) is 26.2 Å². The third-order valence-corrected chi connectivity index (χ3v) is 3.26. The third kappa shape index (κ3) is 0.586. The van der Waals surface area contributed by atoms with Crippen molar-refractivity contribution in [1.29, 1.82) is 0 Å². The SMILES string of the molecule is CCC1CC2CC1N2C. The van der Waals surface area contributed by atoms with Gasteiger partial charge in [-0.2, -0.15) is 0 Å². The summed E-state index contributed by atoms with van der Waals surface area (Å²) in [6, 6.07) is 1.94. The number of rotatable bonds is 1. The maximum atomic E-state index is 2.55. The van der Waals surface area contributed by atoms with E-state index in [0.29, 0.717) is 0 Å². The fourth-order valence-corrected chi connectivity index (χ4v) is 2.48. The molecular formula is C8H15N. The molecule has 3 rings (SSSR count). The molecule has 2 heterocycles. The molecule has 0 amide bonds. The van der Waals surface area contributed by atoms with Crippen LogP contribution in [0.5, 0.6) is 0 Å². The Labute approximate surface area is 57.0 Å². The van der Waals surface area contributed by atoms with Gasteiger partial charge in [0.1, 0.15) is 0 Å². The molecule has 3 unspecified atom stereocenters. The summed E-state index contributed by atoms with van der Waals surface area (Å²) in [6.45, 7) is 2.32. The van der Waals surface area contributed by atoms with Gasteiger partial charge in [0.2, 0.25) is 0 Å². The molecule has 0 aromatic rings. The van der Waals surface area contributed by atoms with Crippen LogP contribution in [0.25, 0.3) is 0 Å². The van der Waals surface area contributed by atoms with Crippen LogP contribution >= 0.6 is 0 Å². The minimum atomic E-state index is 0.972. The molecule has 0 spiro atoms. The minimum absolute atomic E-state index is 0.972. The summed E-state index contributed by atoms with van der Waals surface area (Å²) in [5, 5.41) is 0. The Morgan fingerprint density at radius 3 is 2.44 bits per heavy atom. The molecule has 1 aliphatic carbocycles. The summed E-state index contributed by atoms with van der Waals surface area (Å²) in [4.78, 5) is 2.55. The van der Waals surface area contributed by atoms with Crippen LogP contribution in [0.3, 0.4) is 0 Å². The first kappa shape index (κ1) is 5.72. The molecule has 0 N–H and O–H groups in total. The molecule has 9 heavy (non-hydrogen) atoms. The van der Waals surface area contributed by atoms with E-state index in [9.17, 15) is 0 Å². The molecule has 2 bridgehead atoms. The van der Waals surface area contributed by atoms with Crippen molar-refractivity contribution in [3.63, 3.8) is 0 Å². The van der Waals surface area contributed by atoms with Gasteiger partial charge in [0.15, 0.2) is 0 Å². The van der Waals surface area contributed by atoms with Crippen molar-refractivity contribution in [1.82, 2.24) is 4.90 Å². The molecule has 3 fully saturated rings. The minimum Gasteiger partial charge on any atom is -0.300 e. The molecule has 0 radical (unpaired) electrons. The smallest absolute Gasteiger partial charge is 0.0139 e. The van der Waals surface area contributed by atoms with Gasteiger partial charge in [-0.25, -0.2) is 0 Å². The van der Waals surface area contributed by atoms with Crippen molar-refractivity contribution in [2.45, 2.75) is 38.3 Å². The van der Waals surface area contributed by atoms with Crippen LogP contribution in [-0.2, 0) is 0 Å². The van der Waals surface area contributed by atoms with Crippen LogP contribution < -0.4 is 0 Å². The Hall–Kier alpha value is -0.0400. The Balaban J connectivity index is 2.03. The third-order valence-electron chi connectivity index (χ3n) is 3.26. The molecule has 1 saturated carbocycles. The number of hydrogen-bond donors (Lipinski definition) is 0. The normalized spacial score (nSPS) is 49.3. The molecule has 3 aliphatic rings. The van der Waals surface area contributed by atoms with E-state index in [1.54, 1.807) is 0 Å². The predicted molar refractivity (Wildman–Crippen MR) is 38.4 cm³/mol. The summed E-state index contributed by atoms with van der Waals surface area (Å²) >= 11 is 0. The standard InChI is InChI=1S/C8H15N/c1-3-6-4-7-5-8(6)9(7)2/h6-8H,3-5H2,1-2H3. The molecule has 0 aromatic carbocycles. The van der Waals surface area contributed by atoms with Gasteiger partial charge in [0, 0.05) is 12.1 Å². The second-order valence-corrected chi connectivity index (χ2v) is 3.53. The van der Waals surface area contributed by atoms with Gasteiger partial charge in [-0.1, -0.05) is 13.3 Å². The first-order chi connectivity index (χ1) is 4.33.